The first-order valence-electron chi connectivity index (χ1n) is 14.9. The lowest BCUT2D eigenvalue weighted by atomic mass is 9.68. The predicted octanol–water partition coefficient (Wildman–Crippen LogP) is 0.771. The summed E-state index contributed by atoms with van der Waals surface area (Å²) in [6.07, 6.45) is 3.91. The average Bonchev–Trinajstić information content (AvgIpc) is 3.77. The van der Waals surface area contributed by atoms with Crippen LogP contribution in [0, 0.1) is 5.92 Å². The van der Waals surface area contributed by atoms with Gasteiger partial charge in [-0.1, -0.05) is 23.8 Å². The van der Waals surface area contributed by atoms with E-state index < -0.39 is 46.8 Å². The Hall–Kier alpha value is -3.32. The molecule has 2 saturated heterocycles. The average molecular weight is 601 g/mol. The van der Waals surface area contributed by atoms with Crippen molar-refractivity contribution in [3.63, 3.8) is 0 Å². The van der Waals surface area contributed by atoms with Gasteiger partial charge in [0.25, 0.3) is 0 Å². The van der Waals surface area contributed by atoms with Gasteiger partial charge in [-0.2, -0.15) is 0 Å². The summed E-state index contributed by atoms with van der Waals surface area (Å²) in [7, 11) is 1.50. The third kappa shape index (κ3) is 7.61. The fourth-order valence-electron chi connectivity index (χ4n) is 5.82. The zero-order valence-electron chi connectivity index (χ0n) is 25.2. The molecule has 3 amide bonds. The second-order valence-corrected chi connectivity index (χ2v) is 11.8. The zero-order valence-corrected chi connectivity index (χ0v) is 25.2. The van der Waals surface area contributed by atoms with E-state index in [1.54, 1.807) is 31.2 Å². The van der Waals surface area contributed by atoms with Gasteiger partial charge in [-0.3, -0.25) is 24.1 Å². The number of benzene rings is 1. The van der Waals surface area contributed by atoms with Gasteiger partial charge in [-0.25, -0.2) is 0 Å². The molecule has 2 fully saturated rings. The molecule has 0 bridgehead atoms. The molecule has 0 radical (unpaired) electrons. The van der Waals surface area contributed by atoms with Crippen LogP contribution in [0.1, 0.15) is 57.6 Å². The second kappa shape index (κ2) is 14.0. The van der Waals surface area contributed by atoms with Crippen molar-refractivity contribution in [3.05, 3.63) is 41.5 Å². The number of morpholine rings is 1. The highest BCUT2D eigenvalue weighted by Gasteiger charge is 2.61. The molecule has 236 valence electrons. The van der Waals surface area contributed by atoms with Gasteiger partial charge in [0.05, 0.1) is 39.4 Å². The summed E-state index contributed by atoms with van der Waals surface area (Å²) in [4.78, 5) is 56.2. The maximum absolute atomic E-state index is 14.1. The number of hydrogen-bond donors (Lipinski definition) is 4. The monoisotopic (exact) mass is 600 g/mol. The Morgan fingerprint density at radius 3 is 2.40 bits per heavy atom. The molecule has 43 heavy (non-hydrogen) atoms. The number of carbonyl (C=O) groups is 4. The van der Waals surface area contributed by atoms with Crippen LogP contribution in [0.2, 0.25) is 0 Å². The minimum Gasteiger partial charge on any atom is -0.497 e. The fourth-order valence-corrected chi connectivity index (χ4v) is 5.82. The van der Waals surface area contributed by atoms with E-state index in [1.165, 1.54) is 14.0 Å². The number of aliphatic hydroxyl groups excluding tert-OH is 1. The molecule has 2 aliphatic heterocycles. The maximum atomic E-state index is 14.1. The molecule has 3 aliphatic rings. The van der Waals surface area contributed by atoms with Crippen molar-refractivity contribution in [2.45, 2.75) is 69.2 Å². The number of allylic oxidation sites excluding steroid dienone is 2. The Bertz CT molecular complexity index is 1210. The third-order valence-electron chi connectivity index (χ3n) is 8.66. The summed E-state index contributed by atoms with van der Waals surface area (Å²) in [5.41, 5.74) is 3.85. The molecule has 1 aromatic carbocycles. The van der Waals surface area contributed by atoms with Gasteiger partial charge in [-0.15, -0.1) is 0 Å². The van der Waals surface area contributed by atoms with E-state index in [0.717, 1.165) is 31.3 Å². The number of hydrogen-bond acceptors (Lipinski definition) is 9. The molecule has 1 aromatic rings. The largest absolute Gasteiger partial charge is 0.497 e. The SMILES string of the molecule is COc1ccc(C(O)C(NC(=O)[C@H](C)NC(=O)CN2CCOCC2)(C(N)=O)[C@H](CC2=CCCCC2)C(=O)[C@@]2(C)CO2)cc1. The van der Waals surface area contributed by atoms with E-state index in [2.05, 4.69) is 10.6 Å². The molecular formula is C31H44N4O8. The number of ketones is 1. The van der Waals surface area contributed by atoms with Crippen LogP contribution in [0.25, 0.3) is 0 Å². The molecule has 4 rings (SSSR count). The highest BCUT2D eigenvalue weighted by molar-refractivity contribution is 6.02. The lowest BCUT2D eigenvalue weighted by molar-refractivity contribution is -0.148. The first-order valence-corrected chi connectivity index (χ1v) is 14.9. The minimum absolute atomic E-state index is 0.0708. The normalized spacial score (nSPS) is 24.0. The molecule has 12 nitrogen and oxygen atoms in total. The van der Waals surface area contributed by atoms with Crippen LogP contribution in [-0.2, 0) is 28.7 Å². The summed E-state index contributed by atoms with van der Waals surface area (Å²) < 4.78 is 16.1. The number of epoxide rings is 1. The summed E-state index contributed by atoms with van der Waals surface area (Å²) in [6, 6.07) is 5.21. The molecule has 5 atom stereocenters. The van der Waals surface area contributed by atoms with Gasteiger partial charge in [-0.05, 0) is 63.6 Å². The lowest BCUT2D eigenvalue weighted by Gasteiger charge is -2.43. The van der Waals surface area contributed by atoms with Crippen LogP contribution in [-0.4, -0.2) is 97.3 Å². The topological polar surface area (TPSA) is 173 Å². The number of rotatable bonds is 14. The summed E-state index contributed by atoms with van der Waals surface area (Å²) in [5.74, 6) is -3.40. The highest BCUT2D eigenvalue weighted by Crippen LogP contribution is 2.43. The first-order chi connectivity index (χ1) is 20.5. The summed E-state index contributed by atoms with van der Waals surface area (Å²) in [5, 5.41) is 17.3. The van der Waals surface area contributed by atoms with E-state index in [0.29, 0.717) is 32.1 Å². The van der Waals surface area contributed by atoms with E-state index in [1.807, 2.05) is 11.0 Å². The Balaban J connectivity index is 1.69. The Labute approximate surface area is 252 Å². The number of ether oxygens (including phenoxy) is 3. The molecule has 1 aliphatic carbocycles. The van der Waals surface area contributed by atoms with Gasteiger partial charge >= 0.3 is 0 Å². The maximum Gasteiger partial charge on any atom is 0.247 e. The first kappa shape index (κ1) is 32.6. The molecule has 0 aromatic heterocycles. The van der Waals surface area contributed by atoms with Gasteiger partial charge in [0, 0.05) is 13.1 Å². The van der Waals surface area contributed by atoms with Crippen molar-refractivity contribution in [1.82, 2.24) is 15.5 Å². The number of methoxy groups -OCH3 is 1. The number of Topliss-reactive ketones (excluding diaryl/α,β-unsaturated/α-hetero) is 1. The van der Waals surface area contributed by atoms with Crippen LogP contribution in [0.5, 0.6) is 5.75 Å². The number of amides is 3. The van der Waals surface area contributed by atoms with Crippen LogP contribution in [0.15, 0.2) is 35.9 Å². The van der Waals surface area contributed by atoms with Gasteiger partial charge in [0.15, 0.2) is 11.3 Å². The van der Waals surface area contributed by atoms with Crippen molar-refractivity contribution in [1.29, 1.82) is 0 Å². The van der Waals surface area contributed by atoms with Crippen molar-refractivity contribution in [2.24, 2.45) is 11.7 Å². The van der Waals surface area contributed by atoms with Gasteiger partial charge in [0.1, 0.15) is 23.5 Å². The van der Waals surface area contributed by atoms with Crippen molar-refractivity contribution in [2.75, 3.05) is 46.6 Å². The number of nitrogens with zero attached hydrogens (tertiary/aromatic N) is 1. The number of nitrogens with two attached hydrogens (primary N) is 1. The Kier molecular flexibility index (Phi) is 10.6. The van der Waals surface area contributed by atoms with E-state index >= 15 is 0 Å². The summed E-state index contributed by atoms with van der Waals surface area (Å²) >= 11 is 0. The molecule has 5 N–H and O–H groups in total. The number of nitrogens with one attached hydrogen (secondary N) is 2. The van der Waals surface area contributed by atoms with E-state index in [9.17, 15) is 24.3 Å². The molecule has 2 unspecified atom stereocenters. The van der Waals surface area contributed by atoms with Crippen molar-refractivity contribution in [3.8, 4) is 5.75 Å². The third-order valence-corrected chi connectivity index (χ3v) is 8.66. The van der Waals surface area contributed by atoms with Crippen molar-refractivity contribution >= 4 is 23.5 Å². The van der Waals surface area contributed by atoms with Gasteiger partial charge in [0.2, 0.25) is 17.7 Å². The van der Waals surface area contributed by atoms with Crippen LogP contribution < -0.4 is 21.1 Å². The van der Waals surface area contributed by atoms with Crippen LogP contribution in [0.4, 0.5) is 0 Å². The molecule has 0 spiro atoms. The standard InChI is InChI=1S/C31H44N4O8/c1-20(33-25(36)18-35-13-15-42-16-14-35)28(39)34-31(29(32)40,26(37)22-9-11-23(41-3)12-10-22)24(27(38)30(2)19-43-30)17-21-7-5-4-6-8-21/h7,9-12,20,24,26,37H,4-6,8,13-19H2,1-3H3,(H2,32,40)(H,33,36)(H,34,39)/t20-,24+,26?,30+,31?/m0/s1. The van der Waals surface area contributed by atoms with Gasteiger partial charge < -0.3 is 35.7 Å². The summed E-state index contributed by atoms with van der Waals surface area (Å²) in [6.45, 7) is 5.53. The smallest absolute Gasteiger partial charge is 0.247 e. The van der Waals surface area contributed by atoms with Crippen LogP contribution in [0.3, 0.4) is 0 Å². The van der Waals surface area contributed by atoms with E-state index in [4.69, 9.17) is 19.9 Å². The van der Waals surface area contributed by atoms with Crippen LogP contribution >= 0.6 is 0 Å². The Morgan fingerprint density at radius 2 is 1.84 bits per heavy atom. The fraction of sp³-hybridized carbons (Fsp3) is 0.613. The second-order valence-electron chi connectivity index (χ2n) is 11.8. The lowest BCUT2D eigenvalue weighted by Crippen LogP contribution is -2.69. The number of primary amides is 1. The number of aliphatic hydroxyl groups is 1. The molecular weight excluding hydrogens is 556 g/mol. The zero-order chi connectivity index (χ0) is 31.2. The number of carbonyl (C=O) groups excluding carboxylic acids is 4. The molecule has 2 heterocycles. The molecule has 0 saturated carbocycles. The minimum atomic E-state index is -2.26. The van der Waals surface area contributed by atoms with Crippen molar-refractivity contribution < 1.29 is 38.5 Å². The van der Waals surface area contributed by atoms with E-state index in [-0.39, 0.29) is 31.0 Å². The Morgan fingerprint density at radius 1 is 1.16 bits per heavy atom. The predicted molar refractivity (Wildman–Crippen MR) is 157 cm³/mol. The quantitative estimate of drug-likeness (QED) is 0.178. The highest BCUT2D eigenvalue weighted by atomic mass is 16.6. The molecule has 12 heteroatoms.